The molecule has 0 aromatic heterocycles. The molecule has 5 nitrogen and oxygen atoms in total. The summed E-state index contributed by atoms with van der Waals surface area (Å²) in [5, 5.41) is 9.28. The lowest BCUT2D eigenvalue weighted by Gasteiger charge is -2.15. The molecule has 0 bridgehead atoms. The largest absolute Gasteiger partial charge is 0.326 e. The van der Waals surface area contributed by atoms with Crippen LogP contribution in [0.4, 0.5) is 11.4 Å². The van der Waals surface area contributed by atoms with Crippen molar-refractivity contribution in [3.05, 3.63) is 59.1 Å². The summed E-state index contributed by atoms with van der Waals surface area (Å²) in [6.07, 6.45) is 0. The van der Waals surface area contributed by atoms with E-state index in [0.717, 1.165) is 5.56 Å². The molecule has 2 aromatic carbocycles. The summed E-state index contributed by atoms with van der Waals surface area (Å²) in [5.74, 6) is -0.331. The van der Waals surface area contributed by atoms with Crippen LogP contribution in [-0.2, 0) is 9.59 Å². The minimum Gasteiger partial charge on any atom is -0.326 e. The van der Waals surface area contributed by atoms with E-state index in [2.05, 4.69) is 16.0 Å². The van der Waals surface area contributed by atoms with Gasteiger partial charge in [0, 0.05) is 29.4 Å². The van der Waals surface area contributed by atoms with E-state index in [0.29, 0.717) is 16.4 Å². The van der Waals surface area contributed by atoms with Crippen molar-refractivity contribution in [2.75, 3.05) is 17.2 Å². The third-order valence-corrected chi connectivity index (χ3v) is 3.75. The van der Waals surface area contributed by atoms with Crippen molar-refractivity contribution in [2.24, 2.45) is 0 Å². The highest BCUT2D eigenvalue weighted by atomic mass is 35.5. The Hall–Kier alpha value is -2.37. The maximum atomic E-state index is 12.1. The predicted molar refractivity (Wildman–Crippen MR) is 97.2 cm³/mol. The number of amides is 2. The van der Waals surface area contributed by atoms with E-state index in [9.17, 15) is 9.59 Å². The van der Waals surface area contributed by atoms with Gasteiger partial charge in [0.1, 0.15) is 0 Å². The highest BCUT2D eigenvalue weighted by Crippen LogP contribution is 2.22. The molecule has 2 aromatic rings. The van der Waals surface area contributed by atoms with Crippen molar-refractivity contribution >= 4 is 34.8 Å². The van der Waals surface area contributed by atoms with Gasteiger partial charge in [-0.15, -0.1) is 0 Å². The van der Waals surface area contributed by atoms with Gasteiger partial charge in [-0.25, -0.2) is 0 Å². The van der Waals surface area contributed by atoms with E-state index in [1.807, 2.05) is 31.2 Å². The van der Waals surface area contributed by atoms with Crippen molar-refractivity contribution in [2.45, 2.75) is 19.9 Å². The molecular weight excluding hydrogens is 326 g/mol. The van der Waals surface area contributed by atoms with Gasteiger partial charge in [0.15, 0.2) is 0 Å². The topological polar surface area (TPSA) is 70.2 Å². The molecule has 2 amide bonds. The highest BCUT2D eigenvalue weighted by molar-refractivity contribution is 6.31. The van der Waals surface area contributed by atoms with Crippen LogP contribution < -0.4 is 16.0 Å². The quantitative estimate of drug-likeness (QED) is 0.749. The molecule has 3 N–H and O–H groups in total. The van der Waals surface area contributed by atoms with Gasteiger partial charge < -0.3 is 16.0 Å². The fraction of sp³-hybridized carbons (Fsp3) is 0.222. The van der Waals surface area contributed by atoms with Gasteiger partial charge in [-0.1, -0.05) is 35.9 Å². The van der Waals surface area contributed by atoms with E-state index < -0.39 is 0 Å². The number of hydrogen-bond donors (Lipinski definition) is 3. The predicted octanol–water partition coefficient (Wildman–Crippen LogP) is 3.59. The zero-order valence-electron chi connectivity index (χ0n) is 13.6. The maximum Gasteiger partial charge on any atom is 0.238 e. The number of hydrogen-bond acceptors (Lipinski definition) is 3. The van der Waals surface area contributed by atoms with Crippen molar-refractivity contribution < 1.29 is 9.59 Å². The monoisotopic (exact) mass is 345 g/mol. The van der Waals surface area contributed by atoms with E-state index in [1.165, 1.54) is 6.92 Å². The number of carbonyl (C=O) groups excluding carboxylic acids is 2. The van der Waals surface area contributed by atoms with Gasteiger partial charge in [-0.3, -0.25) is 9.59 Å². The summed E-state index contributed by atoms with van der Waals surface area (Å²) >= 11 is 6.15. The summed E-state index contributed by atoms with van der Waals surface area (Å²) in [6, 6.07) is 14.5. The maximum absolute atomic E-state index is 12.1. The second-order valence-corrected chi connectivity index (χ2v) is 5.84. The van der Waals surface area contributed by atoms with Gasteiger partial charge in [0.2, 0.25) is 11.8 Å². The van der Waals surface area contributed by atoms with Crippen LogP contribution in [0.1, 0.15) is 25.5 Å². The standard InChI is InChI=1S/C18H20ClN3O2/c1-12(16-8-3-4-9-17(16)19)20-11-18(24)22-15-7-5-6-14(10-15)21-13(2)23/h3-10,12,20H,11H2,1-2H3,(H,21,23)(H,22,24)/t12-/m1/s1. The first-order valence-corrected chi connectivity index (χ1v) is 7.99. The summed E-state index contributed by atoms with van der Waals surface area (Å²) in [4.78, 5) is 23.1. The molecule has 0 fully saturated rings. The number of carbonyl (C=O) groups is 2. The molecule has 0 heterocycles. The highest BCUT2D eigenvalue weighted by Gasteiger charge is 2.10. The van der Waals surface area contributed by atoms with Crippen molar-refractivity contribution in [1.29, 1.82) is 0 Å². The molecule has 0 aliphatic rings. The molecule has 0 saturated heterocycles. The Morgan fingerprint density at radius 2 is 1.71 bits per heavy atom. The average molecular weight is 346 g/mol. The Kier molecular flexibility index (Phi) is 6.35. The third kappa shape index (κ3) is 5.37. The number of benzene rings is 2. The van der Waals surface area contributed by atoms with E-state index >= 15 is 0 Å². The average Bonchev–Trinajstić information content (AvgIpc) is 2.53. The molecule has 0 saturated carbocycles. The van der Waals surface area contributed by atoms with Crippen LogP contribution in [-0.4, -0.2) is 18.4 Å². The summed E-state index contributed by atoms with van der Waals surface area (Å²) in [7, 11) is 0. The Morgan fingerprint density at radius 1 is 1.04 bits per heavy atom. The Labute approximate surface area is 146 Å². The van der Waals surface area contributed by atoms with Gasteiger partial charge >= 0.3 is 0 Å². The first kappa shape index (κ1) is 18.0. The normalized spacial score (nSPS) is 11.6. The van der Waals surface area contributed by atoms with E-state index in [-0.39, 0.29) is 24.4 Å². The van der Waals surface area contributed by atoms with E-state index in [1.54, 1.807) is 24.3 Å². The third-order valence-electron chi connectivity index (χ3n) is 3.41. The molecule has 6 heteroatoms. The van der Waals surface area contributed by atoms with Crippen LogP contribution >= 0.6 is 11.6 Å². The first-order valence-electron chi connectivity index (χ1n) is 7.61. The lowest BCUT2D eigenvalue weighted by molar-refractivity contribution is -0.115. The molecular formula is C18H20ClN3O2. The van der Waals surface area contributed by atoms with Gasteiger partial charge in [-0.2, -0.15) is 0 Å². The number of anilines is 2. The van der Waals surface area contributed by atoms with E-state index in [4.69, 9.17) is 11.6 Å². The molecule has 0 aliphatic carbocycles. The Morgan fingerprint density at radius 3 is 2.38 bits per heavy atom. The molecule has 2 rings (SSSR count). The van der Waals surface area contributed by atoms with Crippen molar-refractivity contribution in [1.82, 2.24) is 5.32 Å². The fourth-order valence-corrected chi connectivity index (χ4v) is 2.56. The number of rotatable bonds is 6. The van der Waals surface area contributed by atoms with Crippen LogP contribution in [0, 0.1) is 0 Å². The lowest BCUT2D eigenvalue weighted by Crippen LogP contribution is -2.30. The molecule has 126 valence electrons. The Bertz CT molecular complexity index is 734. The molecule has 24 heavy (non-hydrogen) atoms. The molecule has 1 atom stereocenters. The second-order valence-electron chi connectivity index (χ2n) is 5.43. The summed E-state index contributed by atoms with van der Waals surface area (Å²) in [5.41, 5.74) is 2.20. The summed E-state index contributed by atoms with van der Waals surface area (Å²) in [6.45, 7) is 3.54. The zero-order chi connectivity index (χ0) is 17.5. The SMILES string of the molecule is CC(=O)Nc1cccc(NC(=O)CN[C@H](C)c2ccccc2Cl)c1. The van der Waals surface area contributed by atoms with Gasteiger partial charge in [-0.05, 0) is 36.8 Å². The summed E-state index contributed by atoms with van der Waals surface area (Å²) < 4.78 is 0. The van der Waals surface area contributed by atoms with Crippen LogP contribution in [0.25, 0.3) is 0 Å². The van der Waals surface area contributed by atoms with Crippen molar-refractivity contribution in [3.8, 4) is 0 Å². The lowest BCUT2D eigenvalue weighted by atomic mass is 10.1. The molecule has 0 unspecified atom stereocenters. The zero-order valence-corrected chi connectivity index (χ0v) is 14.4. The smallest absolute Gasteiger partial charge is 0.238 e. The number of nitrogens with one attached hydrogen (secondary N) is 3. The van der Waals surface area contributed by atoms with Gasteiger partial charge in [0.25, 0.3) is 0 Å². The second kappa shape index (κ2) is 8.47. The minimum atomic E-state index is -0.172. The Balaban J connectivity index is 1.89. The number of halogens is 1. The minimum absolute atomic E-state index is 0.0461. The molecule has 0 radical (unpaired) electrons. The van der Waals surface area contributed by atoms with Crippen molar-refractivity contribution in [3.63, 3.8) is 0 Å². The van der Waals surface area contributed by atoms with Crippen LogP contribution in [0.15, 0.2) is 48.5 Å². The first-order chi connectivity index (χ1) is 11.5. The molecule has 0 spiro atoms. The van der Waals surface area contributed by atoms with Crippen LogP contribution in [0.2, 0.25) is 5.02 Å². The van der Waals surface area contributed by atoms with Crippen LogP contribution in [0.3, 0.4) is 0 Å². The molecule has 0 aliphatic heterocycles. The van der Waals surface area contributed by atoms with Crippen LogP contribution in [0.5, 0.6) is 0 Å². The van der Waals surface area contributed by atoms with Gasteiger partial charge in [0.05, 0.1) is 6.54 Å². The fourth-order valence-electron chi connectivity index (χ4n) is 2.27.